The summed E-state index contributed by atoms with van der Waals surface area (Å²) in [7, 11) is 0. The molecule has 5 aliphatic heterocycles. The number of carbonyl (C=O) groups is 2. The Labute approximate surface area is 211 Å². The second kappa shape index (κ2) is 9.49. The second-order valence-electron chi connectivity index (χ2n) is 11.0. The van der Waals surface area contributed by atoms with Gasteiger partial charge in [-0.3, -0.25) is 4.90 Å². The Balaban J connectivity index is 1.14. The van der Waals surface area contributed by atoms with Crippen molar-refractivity contribution < 1.29 is 28.2 Å². The normalized spacial score (nSPS) is 31.1. The smallest absolute Gasteiger partial charge is 0.414 e. The average Bonchev–Trinajstić information content (AvgIpc) is 3.56. The van der Waals surface area contributed by atoms with Crippen LogP contribution in [0, 0.1) is 5.82 Å². The molecule has 0 aliphatic carbocycles. The van der Waals surface area contributed by atoms with Crippen molar-refractivity contribution in [2.45, 2.75) is 81.5 Å². The van der Waals surface area contributed by atoms with E-state index in [0.29, 0.717) is 38.8 Å². The maximum atomic E-state index is 14.4. The lowest BCUT2D eigenvalue weighted by Crippen LogP contribution is -2.55. The number of ether oxygens (including phenoxy) is 3. The summed E-state index contributed by atoms with van der Waals surface area (Å²) in [6.45, 7) is 5.64. The van der Waals surface area contributed by atoms with Gasteiger partial charge < -0.3 is 24.0 Å². The SMILES string of the molecule is CCOC(=O)N1C2CCC1CC(N1CCC3(CC1)CN(C(=O)OC1CCOC1)c1ccc(F)cc13)C2. The fourth-order valence-corrected chi connectivity index (χ4v) is 7.30. The van der Waals surface area contributed by atoms with E-state index in [0.717, 1.165) is 62.9 Å². The van der Waals surface area contributed by atoms with Crippen molar-refractivity contribution in [1.29, 1.82) is 0 Å². The van der Waals surface area contributed by atoms with Gasteiger partial charge in [-0.2, -0.15) is 0 Å². The number of hydrogen-bond donors (Lipinski definition) is 0. The van der Waals surface area contributed by atoms with Crippen LogP contribution in [0.5, 0.6) is 0 Å². The number of hydrogen-bond acceptors (Lipinski definition) is 6. The van der Waals surface area contributed by atoms with Crippen LogP contribution in [0.4, 0.5) is 19.7 Å². The number of halogens is 1. The van der Waals surface area contributed by atoms with Crippen molar-refractivity contribution in [3.63, 3.8) is 0 Å². The predicted molar refractivity (Wildman–Crippen MR) is 131 cm³/mol. The number of carbonyl (C=O) groups excluding carboxylic acids is 2. The first-order valence-electron chi connectivity index (χ1n) is 13.5. The van der Waals surface area contributed by atoms with Crippen LogP contribution in [0.2, 0.25) is 0 Å². The summed E-state index contributed by atoms with van der Waals surface area (Å²) in [6.07, 6.45) is 5.78. The van der Waals surface area contributed by atoms with Crippen LogP contribution in [0.25, 0.3) is 0 Å². The molecular weight excluding hydrogens is 465 g/mol. The van der Waals surface area contributed by atoms with E-state index in [4.69, 9.17) is 14.2 Å². The monoisotopic (exact) mass is 501 g/mol. The van der Waals surface area contributed by atoms with Crippen molar-refractivity contribution >= 4 is 17.9 Å². The fourth-order valence-electron chi connectivity index (χ4n) is 7.30. The molecule has 196 valence electrons. The van der Waals surface area contributed by atoms with Gasteiger partial charge in [-0.1, -0.05) is 0 Å². The zero-order valence-electron chi connectivity index (χ0n) is 21.0. The van der Waals surface area contributed by atoms with Gasteiger partial charge >= 0.3 is 12.2 Å². The van der Waals surface area contributed by atoms with E-state index in [1.807, 2.05) is 11.8 Å². The zero-order chi connectivity index (χ0) is 24.9. The molecule has 36 heavy (non-hydrogen) atoms. The first-order valence-corrected chi connectivity index (χ1v) is 13.5. The van der Waals surface area contributed by atoms with Crippen molar-refractivity contribution in [2.75, 3.05) is 44.4 Å². The molecule has 2 amide bonds. The highest BCUT2D eigenvalue weighted by Gasteiger charge is 2.50. The van der Waals surface area contributed by atoms with Gasteiger partial charge in [0, 0.05) is 36.5 Å². The Morgan fingerprint density at radius 3 is 2.50 bits per heavy atom. The van der Waals surface area contributed by atoms with Crippen LogP contribution in [0.3, 0.4) is 0 Å². The number of anilines is 1. The van der Waals surface area contributed by atoms with Crippen molar-refractivity contribution in [1.82, 2.24) is 9.80 Å². The average molecular weight is 502 g/mol. The van der Waals surface area contributed by atoms with E-state index in [1.165, 1.54) is 6.07 Å². The number of piperidine rings is 2. The number of amides is 2. The minimum atomic E-state index is -0.361. The number of rotatable bonds is 3. The molecule has 1 spiro atoms. The maximum Gasteiger partial charge on any atom is 0.414 e. The Kier molecular flexibility index (Phi) is 6.32. The van der Waals surface area contributed by atoms with E-state index >= 15 is 0 Å². The van der Waals surface area contributed by atoms with Crippen molar-refractivity contribution in [3.8, 4) is 0 Å². The summed E-state index contributed by atoms with van der Waals surface area (Å²) in [6, 6.07) is 5.74. The minimum absolute atomic E-state index is 0.165. The number of nitrogens with zero attached hydrogens (tertiary/aromatic N) is 3. The Hall–Kier alpha value is -2.39. The molecular formula is C27H36FN3O5. The minimum Gasteiger partial charge on any atom is -0.450 e. The molecule has 0 aromatic heterocycles. The number of benzene rings is 1. The maximum absolute atomic E-state index is 14.4. The fraction of sp³-hybridized carbons (Fsp3) is 0.704. The van der Waals surface area contributed by atoms with Gasteiger partial charge in [0.25, 0.3) is 0 Å². The molecule has 4 saturated heterocycles. The van der Waals surface area contributed by atoms with Crippen LogP contribution in [0.1, 0.15) is 57.4 Å². The summed E-state index contributed by atoms with van der Waals surface area (Å²) < 4.78 is 30.8. The molecule has 1 aromatic carbocycles. The molecule has 5 heterocycles. The topological polar surface area (TPSA) is 71.6 Å². The van der Waals surface area contributed by atoms with Crippen LogP contribution in [0.15, 0.2) is 18.2 Å². The zero-order valence-corrected chi connectivity index (χ0v) is 21.0. The molecule has 0 radical (unpaired) electrons. The van der Waals surface area contributed by atoms with E-state index < -0.39 is 0 Å². The Morgan fingerprint density at radius 1 is 1.08 bits per heavy atom. The third-order valence-electron chi connectivity index (χ3n) is 9.12. The molecule has 3 atom stereocenters. The molecule has 0 N–H and O–H groups in total. The van der Waals surface area contributed by atoms with Crippen LogP contribution in [-0.4, -0.2) is 85.7 Å². The lowest BCUT2D eigenvalue weighted by atomic mass is 9.73. The van der Waals surface area contributed by atoms with E-state index in [2.05, 4.69) is 4.90 Å². The van der Waals surface area contributed by atoms with Gasteiger partial charge in [-0.05, 0) is 82.3 Å². The van der Waals surface area contributed by atoms with Crippen molar-refractivity contribution in [2.24, 2.45) is 0 Å². The summed E-state index contributed by atoms with van der Waals surface area (Å²) in [5.74, 6) is -0.266. The molecule has 8 nitrogen and oxygen atoms in total. The van der Waals surface area contributed by atoms with E-state index in [-0.39, 0.29) is 41.6 Å². The molecule has 2 bridgehead atoms. The quantitative estimate of drug-likeness (QED) is 0.622. The van der Waals surface area contributed by atoms with Crippen molar-refractivity contribution in [3.05, 3.63) is 29.6 Å². The molecule has 9 heteroatoms. The lowest BCUT2D eigenvalue weighted by Gasteiger charge is -2.47. The molecule has 0 saturated carbocycles. The third-order valence-corrected chi connectivity index (χ3v) is 9.12. The highest BCUT2D eigenvalue weighted by molar-refractivity contribution is 5.91. The standard InChI is InChI=1S/C27H36FN3O5/c1-2-35-26(33)31-19-4-5-20(31)15-21(14-19)29-10-8-27(9-11-29)17-30(24-6-3-18(28)13-23(24)27)25(32)36-22-7-12-34-16-22/h3,6,13,19-22H,2,4-5,7-12,14-17H2,1H3. The van der Waals surface area contributed by atoms with Crippen LogP contribution < -0.4 is 4.90 Å². The molecule has 1 aromatic rings. The Bertz CT molecular complexity index is 993. The molecule has 6 rings (SSSR count). The predicted octanol–water partition coefficient (Wildman–Crippen LogP) is 4.06. The largest absolute Gasteiger partial charge is 0.450 e. The summed E-state index contributed by atoms with van der Waals surface area (Å²) in [5, 5.41) is 0. The number of likely N-dealkylation sites (tertiary alicyclic amines) is 1. The highest BCUT2D eigenvalue weighted by Crippen LogP contribution is 2.49. The first kappa shape index (κ1) is 24.0. The van der Waals surface area contributed by atoms with Crippen LogP contribution in [-0.2, 0) is 19.6 Å². The van der Waals surface area contributed by atoms with Gasteiger partial charge in [-0.25, -0.2) is 14.0 Å². The van der Waals surface area contributed by atoms with Crippen LogP contribution >= 0.6 is 0 Å². The molecule has 3 unspecified atom stereocenters. The Morgan fingerprint density at radius 2 is 1.83 bits per heavy atom. The van der Waals surface area contributed by atoms with Gasteiger partial charge in [0.15, 0.2) is 0 Å². The van der Waals surface area contributed by atoms with E-state index in [1.54, 1.807) is 17.0 Å². The van der Waals surface area contributed by atoms with Gasteiger partial charge in [0.2, 0.25) is 0 Å². The third kappa shape index (κ3) is 4.14. The van der Waals surface area contributed by atoms with Gasteiger partial charge in [-0.15, -0.1) is 0 Å². The molecule has 4 fully saturated rings. The summed E-state index contributed by atoms with van der Waals surface area (Å²) >= 11 is 0. The van der Waals surface area contributed by atoms with E-state index in [9.17, 15) is 14.0 Å². The first-order chi connectivity index (χ1) is 17.5. The lowest BCUT2D eigenvalue weighted by molar-refractivity contribution is 0.0279. The van der Waals surface area contributed by atoms with Gasteiger partial charge in [0.1, 0.15) is 11.9 Å². The summed E-state index contributed by atoms with van der Waals surface area (Å²) in [4.78, 5) is 31.8. The molecule has 5 aliphatic rings. The number of fused-ring (bicyclic) bond motifs is 4. The highest BCUT2D eigenvalue weighted by atomic mass is 19.1. The van der Waals surface area contributed by atoms with Gasteiger partial charge in [0.05, 0.1) is 25.5 Å². The second-order valence-corrected chi connectivity index (χ2v) is 11.0. The summed E-state index contributed by atoms with van der Waals surface area (Å²) in [5.41, 5.74) is 1.44.